The molecule has 0 fully saturated rings. The minimum atomic E-state index is 0.773. The van der Waals surface area contributed by atoms with E-state index in [4.69, 9.17) is 0 Å². The Morgan fingerprint density at radius 2 is 0.821 bits per heavy atom. The zero-order valence-corrected chi connectivity index (χ0v) is 30.7. The fraction of sp³-hybridized carbons (Fsp3) is 0.0370. The van der Waals surface area contributed by atoms with Gasteiger partial charge in [-0.05, 0) is 147 Å². The predicted octanol–water partition coefficient (Wildman–Crippen LogP) is 13.2. The maximum Gasteiger partial charge on any atom is 0.0578 e. The molecule has 2 nitrogen and oxygen atoms in total. The maximum absolute atomic E-state index is 3.66. The summed E-state index contributed by atoms with van der Waals surface area (Å²) in [4.78, 5) is 0. The molecule has 0 radical (unpaired) electrons. The van der Waals surface area contributed by atoms with Gasteiger partial charge in [-0.1, -0.05) is 146 Å². The molecule has 12 rings (SSSR count). The molecule has 4 aliphatic rings. The van der Waals surface area contributed by atoms with Gasteiger partial charge in [-0.2, -0.15) is 0 Å². The molecule has 2 aliphatic heterocycles. The quantitative estimate of drug-likeness (QED) is 0.186. The van der Waals surface area contributed by atoms with Crippen LogP contribution >= 0.6 is 0 Å². The van der Waals surface area contributed by atoms with Gasteiger partial charge in [0.15, 0.2) is 0 Å². The second kappa shape index (κ2) is 12.2. The van der Waals surface area contributed by atoms with Gasteiger partial charge in [0.05, 0.1) is 11.4 Å². The van der Waals surface area contributed by atoms with Crippen molar-refractivity contribution in [3.05, 3.63) is 199 Å². The molecule has 0 bridgehead atoms. The molecule has 2 heteroatoms. The second-order valence-corrected chi connectivity index (χ2v) is 15.3. The molecule has 262 valence electrons. The molecule has 0 aromatic heterocycles. The Kier molecular flexibility index (Phi) is 6.79. The van der Waals surface area contributed by atoms with Gasteiger partial charge in [0.2, 0.25) is 0 Å². The Morgan fingerprint density at radius 1 is 0.339 bits per heavy atom. The van der Waals surface area contributed by atoms with Crippen molar-refractivity contribution in [3.8, 4) is 77.9 Å². The summed E-state index contributed by atoms with van der Waals surface area (Å²) in [5, 5.41) is 12.4. The molecular formula is C54H36N2. The van der Waals surface area contributed by atoms with Crippen molar-refractivity contribution in [2.75, 3.05) is 13.1 Å². The molecule has 0 saturated carbocycles. The van der Waals surface area contributed by atoms with Crippen molar-refractivity contribution < 1.29 is 0 Å². The highest BCUT2D eigenvalue weighted by Gasteiger charge is 2.25. The molecular weight excluding hydrogens is 677 g/mol. The van der Waals surface area contributed by atoms with Crippen LogP contribution in [-0.2, 0) is 0 Å². The fourth-order valence-corrected chi connectivity index (χ4v) is 9.64. The third kappa shape index (κ3) is 4.69. The minimum Gasteiger partial charge on any atom is -0.380 e. The Hall–Kier alpha value is -7.16. The van der Waals surface area contributed by atoms with Crippen molar-refractivity contribution in [1.82, 2.24) is 10.6 Å². The monoisotopic (exact) mass is 712 g/mol. The lowest BCUT2D eigenvalue weighted by Crippen LogP contribution is -2.27. The summed E-state index contributed by atoms with van der Waals surface area (Å²) in [6, 6.07) is 57.0. The van der Waals surface area contributed by atoms with Crippen molar-refractivity contribution in [2.45, 2.75) is 0 Å². The third-order valence-corrected chi connectivity index (χ3v) is 12.2. The molecule has 0 saturated heterocycles. The van der Waals surface area contributed by atoms with Gasteiger partial charge < -0.3 is 10.6 Å². The zero-order chi connectivity index (χ0) is 36.7. The Labute approximate surface area is 326 Å². The zero-order valence-electron chi connectivity index (χ0n) is 30.7. The summed E-state index contributed by atoms with van der Waals surface area (Å²) < 4.78 is 0. The lowest BCUT2D eigenvalue weighted by atomic mass is 9.87. The van der Waals surface area contributed by atoms with Crippen molar-refractivity contribution in [3.63, 3.8) is 0 Å². The van der Waals surface area contributed by atoms with Crippen LogP contribution in [0, 0.1) is 0 Å². The normalized spacial score (nSPS) is 14.5. The first-order valence-electron chi connectivity index (χ1n) is 19.6. The highest BCUT2D eigenvalue weighted by molar-refractivity contribution is 6.20. The van der Waals surface area contributed by atoms with E-state index < -0.39 is 0 Å². The van der Waals surface area contributed by atoms with E-state index in [0.717, 1.165) is 24.5 Å². The first kappa shape index (κ1) is 31.2. The van der Waals surface area contributed by atoms with Gasteiger partial charge in [-0.3, -0.25) is 0 Å². The van der Waals surface area contributed by atoms with E-state index in [0.29, 0.717) is 0 Å². The SMILES string of the molecule is C1=CCNC(C2=CC=C(c3cccc(-c4cc(-c5ccc6c7c(cccc57)-c5ccccc5-6)cc(-c5ccc6c7c(cccc57)-c5ccccc5-6)c4)c3)CN2)=C1. The first-order valence-corrected chi connectivity index (χ1v) is 19.6. The molecule has 8 aromatic carbocycles. The Bertz CT molecular complexity index is 2920. The predicted molar refractivity (Wildman–Crippen MR) is 236 cm³/mol. The van der Waals surface area contributed by atoms with Crippen LogP contribution in [-0.4, -0.2) is 13.1 Å². The number of hydrogen-bond donors (Lipinski definition) is 2. The lowest BCUT2D eigenvalue weighted by molar-refractivity contribution is 0.822. The summed E-state index contributed by atoms with van der Waals surface area (Å²) in [7, 11) is 0. The standard InChI is InChI=1S/C54H36N2/c1-3-14-43-41(12-1)47-18-8-16-45-39(22-24-49(43)53(45)47)37-29-36(34-11-7-10-33(28-34)35-21-26-52(56-32-35)51-20-5-6-27-55-51)30-38(31-37)40-23-25-50-44-15-4-2-13-42(44)48-19-9-17-46(40)54(48)50/h1-26,28-31,55-56H,27,32H2. The van der Waals surface area contributed by atoms with E-state index >= 15 is 0 Å². The van der Waals surface area contributed by atoms with E-state index in [1.54, 1.807) is 0 Å². The molecule has 56 heavy (non-hydrogen) atoms. The molecule has 0 atom stereocenters. The Balaban J connectivity index is 1.05. The highest BCUT2D eigenvalue weighted by atomic mass is 15.0. The molecule has 0 amide bonds. The summed E-state index contributed by atoms with van der Waals surface area (Å²) in [5.41, 5.74) is 22.7. The van der Waals surface area contributed by atoms with E-state index in [1.165, 1.54) is 111 Å². The number of nitrogens with one attached hydrogen (secondary N) is 2. The van der Waals surface area contributed by atoms with Gasteiger partial charge in [0.25, 0.3) is 0 Å². The van der Waals surface area contributed by atoms with Crippen LogP contribution in [0.3, 0.4) is 0 Å². The number of dihydropyridines is 2. The minimum absolute atomic E-state index is 0.773. The molecule has 2 heterocycles. The summed E-state index contributed by atoms with van der Waals surface area (Å²) in [6.45, 7) is 1.63. The van der Waals surface area contributed by atoms with Crippen molar-refractivity contribution >= 4 is 27.1 Å². The van der Waals surface area contributed by atoms with Crippen LogP contribution in [0.4, 0.5) is 0 Å². The maximum atomic E-state index is 3.66. The summed E-state index contributed by atoms with van der Waals surface area (Å²) in [6.07, 6.45) is 10.8. The van der Waals surface area contributed by atoms with Gasteiger partial charge in [-0.15, -0.1) is 0 Å². The van der Waals surface area contributed by atoms with Crippen LogP contribution in [0.1, 0.15) is 5.56 Å². The van der Waals surface area contributed by atoms with Crippen LogP contribution in [0.5, 0.6) is 0 Å². The van der Waals surface area contributed by atoms with Crippen LogP contribution < -0.4 is 10.6 Å². The number of fused-ring (bicyclic) bond motifs is 6. The van der Waals surface area contributed by atoms with E-state index in [1.807, 2.05) is 0 Å². The second-order valence-electron chi connectivity index (χ2n) is 15.3. The van der Waals surface area contributed by atoms with E-state index in [-0.39, 0.29) is 0 Å². The number of allylic oxidation sites excluding steroid dienone is 4. The summed E-state index contributed by atoms with van der Waals surface area (Å²) >= 11 is 0. The third-order valence-electron chi connectivity index (χ3n) is 12.2. The van der Waals surface area contributed by atoms with Gasteiger partial charge in [0.1, 0.15) is 0 Å². The average molecular weight is 713 g/mol. The van der Waals surface area contributed by atoms with Crippen LogP contribution in [0.2, 0.25) is 0 Å². The molecule has 0 spiro atoms. The van der Waals surface area contributed by atoms with Gasteiger partial charge in [0, 0.05) is 13.1 Å². The van der Waals surface area contributed by atoms with Crippen LogP contribution in [0.25, 0.3) is 105 Å². The van der Waals surface area contributed by atoms with Gasteiger partial charge in [-0.25, -0.2) is 0 Å². The lowest BCUT2D eigenvalue weighted by Gasteiger charge is -2.22. The first-order chi connectivity index (χ1) is 27.8. The topological polar surface area (TPSA) is 24.1 Å². The average Bonchev–Trinajstić information content (AvgIpc) is 3.78. The largest absolute Gasteiger partial charge is 0.380 e. The highest BCUT2D eigenvalue weighted by Crippen LogP contribution is 2.52. The smallest absolute Gasteiger partial charge is 0.0578 e. The van der Waals surface area contributed by atoms with Crippen LogP contribution in [0.15, 0.2) is 193 Å². The van der Waals surface area contributed by atoms with E-state index in [2.05, 4.69) is 193 Å². The molecule has 0 unspecified atom stereocenters. The van der Waals surface area contributed by atoms with Gasteiger partial charge >= 0.3 is 0 Å². The molecule has 2 aliphatic carbocycles. The summed E-state index contributed by atoms with van der Waals surface area (Å²) in [5.74, 6) is 0. The Morgan fingerprint density at radius 3 is 1.38 bits per heavy atom. The fourth-order valence-electron chi connectivity index (χ4n) is 9.64. The molecule has 8 aromatic rings. The molecule has 2 N–H and O–H groups in total. The van der Waals surface area contributed by atoms with Crippen molar-refractivity contribution in [2.24, 2.45) is 0 Å². The number of rotatable bonds is 5. The number of hydrogen-bond acceptors (Lipinski definition) is 2. The number of benzene rings is 8. The van der Waals surface area contributed by atoms with E-state index in [9.17, 15) is 0 Å². The van der Waals surface area contributed by atoms with Crippen molar-refractivity contribution in [1.29, 1.82) is 0 Å².